The van der Waals surface area contributed by atoms with E-state index in [-0.39, 0.29) is 23.4 Å². The number of nitrogens with two attached hydrogens (primary N) is 1. The first kappa shape index (κ1) is 13.4. The van der Waals surface area contributed by atoms with Crippen molar-refractivity contribution in [3.8, 4) is 6.07 Å². The van der Waals surface area contributed by atoms with Crippen LogP contribution in [0.3, 0.4) is 0 Å². The second-order valence-electron chi connectivity index (χ2n) is 5.94. The highest BCUT2D eigenvalue weighted by Crippen LogP contribution is 2.29. The maximum absolute atomic E-state index is 12.0. The predicted molar refractivity (Wildman–Crippen MR) is 69.5 cm³/mol. The van der Waals surface area contributed by atoms with Gasteiger partial charge in [0.1, 0.15) is 0 Å². The van der Waals surface area contributed by atoms with Gasteiger partial charge in [0.25, 0.3) is 0 Å². The van der Waals surface area contributed by atoms with Gasteiger partial charge in [0, 0.05) is 18.0 Å². The van der Waals surface area contributed by atoms with E-state index >= 15 is 0 Å². The number of carbonyl (C=O) groups excluding carboxylic acids is 1. The highest BCUT2D eigenvalue weighted by atomic mass is 16.1. The lowest BCUT2D eigenvalue weighted by Crippen LogP contribution is -2.48. The van der Waals surface area contributed by atoms with E-state index in [1.165, 1.54) is 6.42 Å². The molecule has 100 valence electrons. The summed E-state index contributed by atoms with van der Waals surface area (Å²) < 4.78 is 0. The largest absolute Gasteiger partial charge is 0.352 e. The van der Waals surface area contributed by atoms with Crippen LogP contribution < -0.4 is 11.1 Å². The minimum Gasteiger partial charge on any atom is -0.352 e. The zero-order valence-corrected chi connectivity index (χ0v) is 11.0. The quantitative estimate of drug-likeness (QED) is 0.801. The van der Waals surface area contributed by atoms with Crippen molar-refractivity contribution < 1.29 is 4.79 Å². The Labute approximate surface area is 109 Å². The lowest BCUT2D eigenvalue weighted by atomic mass is 9.80. The van der Waals surface area contributed by atoms with E-state index in [0.29, 0.717) is 6.42 Å². The Hall–Kier alpha value is -1.08. The Balaban J connectivity index is 1.83. The standard InChI is InChI=1S/C14H23N3O/c15-10-11-5-4-6-12(11)17-13(18)9-14(16)7-2-1-3-8-14/h11-12H,1-9,16H2,(H,17,18). The summed E-state index contributed by atoms with van der Waals surface area (Å²) >= 11 is 0. The molecule has 0 heterocycles. The van der Waals surface area contributed by atoms with Gasteiger partial charge < -0.3 is 11.1 Å². The number of carbonyl (C=O) groups is 1. The molecule has 2 aliphatic rings. The molecule has 4 heteroatoms. The second kappa shape index (κ2) is 5.71. The van der Waals surface area contributed by atoms with Crippen LogP contribution in [0.2, 0.25) is 0 Å². The molecule has 0 spiro atoms. The van der Waals surface area contributed by atoms with Crippen molar-refractivity contribution >= 4 is 5.91 Å². The summed E-state index contributed by atoms with van der Waals surface area (Å²) in [5, 5.41) is 12.0. The average Bonchev–Trinajstić information content (AvgIpc) is 2.76. The van der Waals surface area contributed by atoms with Crippen LogP contribution >= 0.6 is 0 Å². The molecule has 1 amide bonds. The van der Waals surface area contributed by atoms with Crippen LogP contribution in [0, 0.1) is 17.2 Å². The Kier molecular flexibility index (Phi) is 4.23. The first-order valence-electron chi connectivity index (χ1n) is 7.11. The molecule has 0 aromatic heterocycles. The number of rotatable bonds is 3. The van der Waals surface area contributed by atoms with Gasteiger partial charge in [-0.2, -0.15) is 5.26 Å². The van der Waals surface area contributed by atoms with Gasteiger partial charge in [0.2, 0.25) is 5.91 Å². The summed E-state index contributed by atoms with van der Waals surface area (Å²) in [7, 11) is 0. The van der Waals surface area contributed by atoms with E-state index in [9.17, 15) is 4.79 Å². The number of nitrogens with zero attached hydrogens (tertiary/aromatic N) is 1. The molecule has 0 radical (unpaired) electrons. The molecular formula is C14H23N3O. The summed E-state index contributed by atoms with van der Waals surface area (Å²) in [5.41, 5.74) is 5.97. The second-order valence-corrected chi connectivity index (χ2v) is 5.94. The molecule has 4 nitrogen and oxygen atoms in total. The third-order valence-electron chi connectivity index (χ3n) is 4.39. The normalized spacial score (nSPS) is 30.7. The minimum atomic E-state index is -0.303. The van der Waals surface area contributed by atoms with Gasteiger partial charge in [-0.1, -0.05) is 19.3 Å². The molecule has 2 rings (SSSR count). The molecular weight excluding hydrogens is 226 g/mol. The summed E-state index contributed by atoms with van der Waals surface area (Å²) in [6.45, 7) is 0. The monoisotopic (exact) mass is 249 g/mol. The topological polar surface area (TPSA) is 78.9 Å². The molecule has 0 bridgehead atoms. The molecule has 0 aliphatic heterocycles. The van der Waals surface area contributed by atoms with Crippen LogP contribution in [0.5, 0.6) is 0 Å². The molecule has 0 aromatic carbocycles. The molecule has 2 fully saturated rings. The van der Waals surface area contributed by atoms with Gasteiger partial charge >= 0.3 is 0 Å². The van der Waals surface area contributed by atoms with Crippen molar-refractivity contribution in [3.05, 3.63) is 0 Å². The first-order valence-corrected chi connectivity index (χ1v) is 7.11. The van der Waals surface area contributed by atoms with Crippen LogP contribution in [-0.4, -0.2) is 17.5 Å². The SMILES string of the molecule is N#CC1CCCC1NC(=O)CC1(N)CCCCC1. The number of hydrogen-bond donors (Lipinski definition) is 2. The van der Waals surface area contributed by atoms with E-state index < -0.39 is 0 Å². The highest BCUT2D eigenvalue weighted by molar-refractivity contribution is 5.77. The van der Waals surface area contributed by atoms with Gasteiger partial charge in [0.15, 0.2) is 0 Å². The highest BCUT2D eigenvalue weighted by Gasteiger charge is 2.33. The molecule has 2 aliphatic carbocycles. The van der Waals surface area contributed by atoms with Crippen LogP contribution in [-0.2, 0) is 4.79 Å². The van der Waals surface area contributed by atoms with E-state index in [2.05, 4.69) is 11.4 Å². The van der Waals surface area contributed by atoms with Crippen molar-refractivity contribution in [2.75, 3.05) is 0 Å². The Bertz CT molecular complexity index is 341. The third kappa shape index (κ3) is 3.23. The fourth-order valence-electron chi connectivity index (χ4n) is 3.30. The molecule has 0 aromatic rings. The summed E-state index contributed by atoms with van der Waals surface area (Å²) in [5.74, 6) is 0.0283. The number of hydrogen-bond acceptors (Lipinski definition) is 3. The van der Waals surface area contributed by atoms with E-state index in [0.717, 1.165) is 44.9 Å². The summed E-state index contributed by atoms with van der Waals surface area (Å²) in [6, 6.07) is 2.34. The van der Waals surface area contributed by atoms with Crippen LogP contribution in [0.15, 0.2) is 0 Å². The van der Waals surface area contributed by atoms with E-state index in [1.807, 2.05) is 0 Å². The third-order valence-corrected chi connectivity index (χ3v) is 4.39. The number of nitrogens with one attached hydrogen (secondary N) is 1. The van der Waals surface area contributed by atoms with Crippen molar-refractivity contribution in [2.45, 2.75) is 69.4 Å². The Morgan fingerprint density at radius 2 is 2.00 bits per heavy atom. The average molecular weight is 249 g/mol. The van der Waals surface area contributed by atoms with Gasteiger partial charge in [-0.05, 0) is 32.1 Å². The van der Waals surface area contributed by atoms with Crippen molar-refractivity contribution in [3.63, 3.8) is 0 Å². The van der Waals surface area contributed by atoms with E-state index in [1.54, 1.807) is 0 Å². The van der Waals surface area contributed by atoms with Crippen LogP contribution in [0.1, 0.15) is 57.8 Å². The molecule has 2 atom stereocenters. The first-order chi connectivity index (χ1) is 8.63. The zero-order valence-electron chi connectivity index (χ0n) is 11.0. The molecule has 18 heavy (non-hydrogen) atoms. The van der Waals surface area contributed by atoms with Crippen LogP contribution in [0.25, 0.3) is 0 Å². The molecule has 2 saturated carbocycles. The lowest BCUT2D eigenvalue weighted by molar-refractivity contribution is -0.123. The molecule has 3 N–H and O–H groups in total. The Morgan fingerprint density at radius 1 is 1.28 bits per heavy atom. The smallest absolute Gasteiger partial charge is 0.222 e. The van der Waals surface area contributed by atoms with Gasteiger partial charge in [-0.25, -0.2) is 0 Å². The van der Waals surface area contributed by atoms with Gasteiger partial charge in [-0.3, -0.25) is 4.79 Å². The predicted octanol–water partition coefficient (Wildman–Crippen LogP) is 1.85. The Morgan fingerprint density at radius 3 is 2.67 bits per heavy atom. The summed E-state index contributed by atoms with van der Waals surface area (Å²) in [4.78, 5) is 12.0. The van der Waals surface area contributed by atoms with Gasteiger partial charge in [-0.15, -0.1) is 0 Å². The fourth-order valence-corrected chi connectivity index (χ4v) is 3.30. The maximum Gasteiger partial charge on any atom is 0.222 e. The van der Waals surface area contributed by atoms with Crippen molar-refractivity contribution in [1.82, 2.24) is 5.32 Å². The minimum absolute atomic E-state index is 0.00553. The summed E-state index contributed by atoms with van der Waals surface area (Å²) in [6.07, 6.45) is 8.70. The maximum atomic E-state index is 12.0. The van der Waals surface area contributed by atoms with E-state index in [4.69, 9.17) is 11.0 Å². The number of amides is 1. The molecule has 0 saturated heterocycles. The lowest BCUT2D eigenvalue weighted by Gasteiger charge is -2.33. The van der Waals surface area contributed by atoms with Crippen LogP contribution in [0.4, 0.5) is 0 Å². The van der Waals surface area contributed by atoms with Gasteiger partial charge in [0.05, 0.1) is 12.0 Å². The zero-order chi connectivity index (χ0) is 13.0. The fraction of sp³-hybridized carbons (Fsp3) is 0.857. The van der Waals surface area contributed by atoms with Crippen molar-refractivity contribution in [2.24, 2.45) is 11.7 Å². The number of nitriles is 1. The molecule has 2 unspecified atom stereocenters. The van der Waals surface area contributed by atoms with Crippen molar-refractivity contribution in [1.29, 1.82) is 5.26 Å².